The third kappa shape index (κ3) is 5.80. The molecule has 0 aliphatic carbocycles. The molecule has 0 bridgehead atoms. The molecule has 8 nitrogen and oxygen atoms in total. The van der Waals surface area contributed by atoms with Crippen LogP contribution in [0.15, 0.2) is 72.4 Å². The highest BCUT2D eigenvalue weighted by Crippen LogP contribution is 2.26. The summed E-state index contributed by atoms with van der Waals surface area (Å²) in [6.45, 7) is 0. The molecule has 10 heteroatoms. The number of hydrogen-bond acceptors (Lipinski definition) is 6. The van der Waals surface area contributed by atoms with Crippen molar-refractivity contribution in [3.05, 3.63) is 77.9 Å². The van der Waals surface area contributed by atoms with Gasteiger partial charge in [-0.2, -0.15) is 5.10 Å². The van der Waals surface area contributed by atoms with Crippen molar-refractivity contribution in [2.75, 3.05) is 16.3 Å². The monoisotopic (exact) mass is 467 g/mol. The third-order valence-corrected chi connectivity index (χ3v) is 5.90. The number of aryl methyl sites for hydroxylation is 1. The topological polar surface area (TPSA) is 106 Å². The summed E-state index contributed by atoms with van der Waals surface area (Å²) < 4.78 is 26.8. The zero-order valence-electron chi connectivity index (χ0n) is 17.2. The smallest absolute Gasteiger partial charge is 0.229 e. The molecule has 0 spiro atoms. The molecule has 0 aliphatic rings. The van der Waals surface area contributed by atoms with Gasteiger partial charge in [-0.25, -0.2) is 18.1 Å². The van der Waals surface area contributed by atoms with Crippen LogP contribution in [0, 0.1) is 0 Å². The Labute approximate surface area is 190 Å². The van der Waals surface area contributed by atoms with Gasteiger partial charge in [0.25, 0.3) is 0 Å². The number of para-hydroxylation sites is 1. The summed E-state index contributed by atoms with van der Waals surface area (Å²) in [7, 11) is -3.32. The molecule has 2 heterocycles. The summed E-state index contributed by atoms with van der Waals surface area (Å²) in [6, 6.07) is 16.7. The lowest BCUT2D eigenvalue weighted by Gasteiger charge is -2.04. The minimum Gasteiger partial charge on any atom is -0.302 e. The SMILES string of the molecule is CS(=O)(=O)Nc1ccc(-c2csc(NC(=O)CCc3cnn(-c4ccccc4)c3)n2)cc1. The van der Waals surface area contributed by atoms with E-state index in [-0.39, 0.29) is 5.91 Å². The highest BCUT2D eigenvalue weighted by Gasteiger charge is 2.10. The molecule has 0 saturated heterocycles. The first-order valence-electron chi connectivity index (χ1n) is 9.78. The second kappa shape index (κ2) is 9.33. The molecular weight excluding hydrogens is 446 g/mol. The average molecular weight is 468 g/mol. The van der Waals surface area contributed by atoms with Crippen molar-refractivity contribution in [3.63, 3.8) is 0 Å². The van der Waals surface area contributed by atoms with Crippen molar-refractivity contribution in [1.29, 1.82) is 0 Å². The lowest BCUT2D eigenvalue weighted by molar-refractivity contribution is -0.116. The predicted octanol–water partition coefficient (Wildman–Crippen LogP) is 3.94. The molecule has 0 unspecified atom stereocenters. The minimum atomic E-state index is -3.32. The number of amides is 1. The van der Waals surface area contributed by atoms with Crippen molar-refractivity contribution >= 4 is 38.1 Å². The molecule has 2 aromatic heterocycles. The molecule has 0 atom stereocenters. The van der Waals surface area contributed by atoms with Gasteiger partial charge in [0.2, 0.25) is 15.9 Å². The summed E-state index contributed by atoms with van der Waals surface area (Å²) in [4.78, 5) is 16.8. The number of carbonyl (C=O) groups excluding carboxylic acids is 1. The Balaban J connectivity index is 1.32. The van der Waals surface area contributed by atoms with E-state index in [4.69, 9.17) is 0 Å². The van der Waals surface area contributed by atoms with Crippen LogP contribution in [-0.2, 0) is 21.2 Å². The van der Waals surface area contributed by atoms with Crippen LogP contribution in [0.2, 0.25) is 0 Å². The van der Waals surface area contributed by atoms with Crippen molar-refractivity contribution < 1.29 is 13.2 Å². The van der Waals surface area contributed by atoms with E-state index in [1.165, 1.54) is 11.3 Å². The number of benzene rings is 2. The van der Waals surface area contributed by atoms with E-state index >= 15 is 0 Å². The molecule has 0 saturated carbocycles. The molecule has 4 rings (SSSR count). The van der Waals surface area contributed by atoms with Gasteiger partial charge in [0.05, 0.1) is 23.8 Å². The fraction of sp³-hybridized carbons (Fsp3) is 0.136. The summed E-state index contributed by atoms with van der Waals surface area (Å²) in [6.07, 6.45) is 5.69. The number of carbonyl (C=O) groups is 1. The lowest BCUT2D eigenvalue weighted by atomic mass is 10.1. The van der Waals surface area contributed by atoms with Crippen molar-refractivity contribution in [2.24, 2.45) is 0 Å². The maximum absolute atomic E-state index is 12.3. The zero-order chi connectivity index (χ0) is 22.6. The van der Waals surface area contributed by atoms with Gasteiger partial charge in [-0.05, 0) is 36.2 Å². The van der Waals surface area contributed by atoms with Gasteiger partial charge >= 0.3 is 0 Å². The van der Waals surface area contributed by atoms with E-state index in [9.17, 15) is 13.2 Å². The van der Waals surface area contributed by atoms with E-state index in [0.29, 0.717) is 29.4 Å². The second-order valence-electron chi connectivity index (χ2n) is 7.17. The summed E-state index contributed by atoms with van der Waals surface area (Å²) in [5, 5.41) is 9.54. The Morgan fingerprint density at radius 1 is 1.09 bits per heavy atom. The highest BCUT2D eigenvalue weighted by molar-refractivity contribution is 7.92. The summed E-state index contributed by atoms with van der Waals surface area (Å²) in [5.41, 5.74) is 3.97. The first-order chi connectivity index (χ1) is 15.4. The van der Waals surface area contributed by atoms with Gasteiger partial charge < -0.3 is 5.32 Å². The number of nitrogens with zero attached hydrogens (tertiary/aromatic N) is 3. The number of thiazole rings is 1. The van der Waals surface area contributed by atoms with Crippen LogP contribution in [0.3, 0.4) is 0 Å². The number of sulfonamides is 1. The van der Waals surface area contributed by atoms with Crippen LogP contribution in [0.5, 0.6) is 0 Å². The van der Waals surface area contributed by atoms with Crippen molar-refractivity contribution in [2.45, 2.75) is 12.8 Å². The predicted molar refractivity (Wildman–Crippen MR) is 127 cm³/mol. The van der Waals surface area contributed by atoms with Crippen molar-refractivity contribution in [3.8, 4) is 16.9 Å². The molecule has 4 aromatic rings. The van der Waals surface area contributed by atoms with Gasteiger partial charge in [-0.15, -0.1) is 11.3 Å². The Morgan fingerprint density at radius 2 is 1.84 bits per heavy atom. The molecular formula is C22H21N5O3S2. The minimum absolute atomic E-state index is 0.119. The molecule has 1 amide bonds. The quantitative estimate of drug-likeness (QED) is 0.408. The first kappa shape index (κ1) is 21.7. The van der Waals surface area contributed by atoms with Gasteiger partial charge in [-0.1, -0.05) is 30.3 Å². The van der Waals surface area contributed by atoms with Crippen LogP contribution in [0.1, 0.15) is 12.0 Å². The maximum atomic E-state index is 12.3. The van der Waals surface area contributed by atoms with E-state index in [1.54, 1.807) is 35.1 Å². The van der Waals surface area contributed by atoms with E-state index in [2.05, 4.69) is 20.1 Å². The second-order valence-corrected chi connectivity index (χ2v) is 9.77. The Kier molecular flexibility index (Phi) is 6.33. The number of aromatic nitrogens is 3. The lowest BCUT2D eigenvalue weighted by Crippen LogP contribution is -2.12. The van der Waals surface area contributed by atoms with Gasteiger partial charge in [-0.3, -0.25) is 9.52 Å². The fourth-order valence-electron chi connectivity index (χ4n) is 3.04. The molecule has 32 heavy (non-hydrogen) atoms. The molecule has 0 fully saturated rings. The summed E-state index contributed by atoms with van der Waals surface area (Å²) >= 11 is 1.34. The molecule has 0 radical (unpaired) electrons. The molecule has 0 aliphatic heterocycles. The van der Waals surface area contributed by atoms with Crippen LogP contribution >= 0.6 is 11.3 Å². The number of rotatable bonds is 8. The van der Waals surface area contributed by atoms with Gasteiger partial charge in [0.1, 0.15) is 0 Å². The fourth-order valence-corrected chi connectivity index (χ4v) is 4.34. The van der Waals surface area contributed by atoms with E-state index in [0.717, 1.165) is 23.1 Å². The Bertz CT molecular complexity index is 1310. The van der Waals surface area contributed by atoms with E-state index in [1.807, 2.05) is 41.9 Å². The number of hydrogen-bond donors (Lipinski definition) is 2. The molecule has 2 N–H and O–H groups in total. The Hall–Kier alpha value is -3.50. The molecule has 164 valence electrons. The highest BCUT2D eigenvalue weighted by atomic mass is 32.2. The van der Waals surface area contributed by atoms with Crippen LogP contribution in [0.25, 0.3) is 16.9 Å². The van der Waals surface area contributed by atoms with Crippen LogP contribution in [-0.4, -0.2) is 35.3 Å². The van der Waals surface area contributed by atoms with Gasteiger partial charge in [0, 0.05) is 29.2 Å². The van der Waals surface area contributed by atoms with Crippen molar-refractivity contribution in [1.82, 2.24) is 14.8 Å². The standard InChI is InChI=1S/C22H21N5O3S2/c1-32(29,30)26-18-10-8-17(9-11-18)20-15-31-22(24-20)25-21(28)12-7-16-13-23-27(14-16)19-5-3-2-4-6-19/h2-6,8-11,13-15,26H,7,12H2,1H3,(H,24,25,28). The largest absolute Gasteiger partial charge is 0.302 e. The van der Waals surface area contributed by atoms with Crippen LogP contribution in [0.4, 0.5) is 10.8 Å². The van der Waals surface area contributed by atoms with Gasteiger partial charge in [0.15, 0.2) is 5.13 Å². The zero-order valence-corrected chi connectivity index (χ0v) is 18.9. The molecule has 2 aromatic carbocycles. The Morgan fingerprint density at radius 3 is 2.56 bits per heavy atom. The van der Waals surface area contributed by atoms with Crippen LogP contribution < -0.4 is 10.0 Å². The average Bonchev–Trinajstić information content (AvgIpc) is 3.42. The number of anilines is 2. The first-order valence-corrected chi connectivity index (χ1v) is 12.6. The normalized spacial score (nSPS) is 11.3. The summed E-state index contributed by atoms with van der Waals surface area (Å²) in [5.74, 6) is -0.119. The maximum Gasteiger partial charge on any atom is 0.229 e. The van der Waals surface area contributed by atoms with E-state index < -0.39 is 10.0 Å². The number of nitrogens with one attached hydrogen (secondary N) is 2. The third-order valence-electron chi connectivity index (χ3n) is 4.53.